The summed E-state index contributed by atoms with van der Waals surface area (Å²) < 4.78 is 26.4. The first-order valence-corrected chi connectivity index (χ1v) is 13.8. The molecule has 0 spiro atoms. The number of ether oxygens (including phenoxy) is 5. The highest BCUT2D eigenvalue weighted by Crippen LogP contribution is 2.35. The maximum Gasteiger partial charge on any atom is 0.410 e. The van der Waals surface area contributed by atoms with E-state index in [-0.39, 0.29) is 19.8 Å². The molecule has 1 aromatic heterocycles. The Morgan fingerprint density at radius 1 is 1.13 bits per heavy atom. The number of amides is 3. The van der Waals surface area contributed by atoms with Crippen molar-refractivity contribution in [1.82, 2.24) is 15.5 Å². The number of carbonyl (C=O) groups is 3. The zero-order chi connectivity index (χ0) is 28.0. The predicted octanol–water partition coefficient (Wildman–Crippen LogP) is 4.22. The van der Waals surface area contributed by atoms with Crippen LogP contribution in [0.15, 0.2) is 35.7 Å². The molecule has 2 aromatic rings. The lowest BCUT2D eigenvalue weighted by Crippen LogP contribution is -2.46. The highest BCUT2D eigenvalue weighted by molar-refractivity contribution is 7.09. The first-order valence-electron chi connectivity index (χ1n) is 12.9. The van der Waals surface area contributed by atoms with Crippen LogP contribution in [0.1, 0.15) is 49.1 Å². The summed E-state index contributed by atoms with van der Waals surface area (Å²) in [6.07, 6.45) is 1.81. The molecular weight excluding hydrogens is 526 g/mol. The number of rotatable bonds is 15. The van der Waals surface area contributed by atoms with Crippen LogP contribution in [0.5, 0.6) is 11.5 Å². The minimum atomic E-state index is -0.670. The molecule has 1 aliphatic heterocycles. The summed E-state index contributed by atoms with van der Waals surface area (Å²) in [4.78, 5) is 40.6. The summed E-state index contributed by atoms with van der Waals surface area (Å²) in [5.41, 5.74) is 0.665. The number of nitrogens with zero attached hydrogens (tertiary/aromatic N) is 1. The summed E-state index contributed by atoms with van der Waals surface area (Å²) in [5.74, 6) is 0.661. The molecule has 0 bridgehead atoms. The summed E-state index contributed by atoms with van der Waals surface area (Å²) in [5, 5.41) is 7.71. The van der Waals surface area contributed by atoms with Gasteiger partial charge in [-0.1, -0.05) is 31.9 Å². The topological polar surface area (TPSA) is 125 Å². The standard InChI is InChI=1S/C27H37N3O8S/c1-4-5-7-20(17-36-27(33)30(11-12-34-2)16-21-8-6-13-39-21)28-26(32)29-22(15-25(31)35-3)19-9-10-23-24(14-19)38-18-37-23/h6,8-10,13-14,20,22H,4-5,7,11-12,15-18H2,1-3H3,(H2,28,29,32). The summed E-state index contributed by atoms with van der Waals surface area (Å²) in [7, 11) is 2.87. The number of thiophene rings is 1. The number of benzene rings is 1. The van der Waals surface area contributed by atoms with Crippen LogP contribution in [-0.2, 0) is 25.5 Å². The SMILES string of the molecule is CCCCC(COC(=O)N(CCOC)Cc1cccs1)NC(=O)NC(CC(=O)OC)c1ccc2c(c1)OCO2. The quantitative estimate of drug-likeness (QED) is 0.309. The van der Waals surface area contributed by atoms with Gasteiger partial charge >= 0.3 is 18.1 Å². The van der Waals surface area contributed by atoms with E-state index in [0.717, 1.165) is 17.7 Å². The lowest BCUT2D eigenvalue weighted by atomic mass is 10.0. The van der Waals surface area contributed by atoms with Gasteiger partial charge in [0.05, 0.1) is 38.8 Å². The molecule has 2 unspecified atom stereocenters. The second-order valence-electron chi connectivity index (χ2n) is 8.97. The molecule has 0 saturated heterocycles. The Balaban J connectivity index is 1.62. The predicted molar refractivity (Wildman–Crippen MR) is 145 cm³/mol. The number of methoxy groups -OCH3 is 2. The molecule has 2 N–H and O–H groups in total. The van der Waals surface area contributed by atoms with Gasteiger partial charge in [0.1, 0.15) is 6.61 Å². The van der Waals surface area contributed by atoms with Crippen molar-refractivity contribution in [3.8, 4) is 11.5 Å². The maximum atomic E-state index is 13.0. The normalized spacial score (nSPS) is 13.3. The van der Waals surface area contributed by atoms with Gasteiger partial charge in [0.2, 0.25) is 6.79 Å². The average Bonchev–Trinajstić information content (AvgIpc) is 3.63. The fourth-order valence-electron chi connectivity index (χ4n) is 3.96. The number of hydrogen-bond donors (Lipinski definition) is 2. The Kier molecular flexibility index (Phi) is 12.2. The van der Waals surface area contributed by atoms with Gasteiger partial charge < -0.3 is 39.2 Å². The van der Waals surface area contributed by atoms with Crippen molar-refractivity contribution in [2.45, 2.75) is 51.2 Å². The number of esters is 1. The van der Waals surface area contributed by atoms with Gasteiger partial charge in [-0.2, -0.15) is 0 Å². The van der Waals surface area contributed by atoms with E-state index in [1.54, 1.807) is 41.5 Å². The fourth-order valence-corrected chi connectivity index (χ4v) is 4.67. The lowest BCUT2D eigenvalue weighted by molar-refractivity contribution is -0.141. The molecule has 3 amide bonds. The summed E-state index contributed by atoms with van der Waals surface area (Å²) >= 11 is 1.56. The second-order valence-corrected chi connectivity index (χ2v) is 10.0. The zero-order valence-corrected chi connectivity index (χ0v) is 23.4. The van der Waals surface area contributed by atoms with E-state index in [9.17, 15) is 14.4 Å². The van der Waals surface area contributed by atoms with Crippen LogP contribution in [0.2, 0.25) is 0 Å². The zero-order valence-electron chi connectivity index (χ0n) is 22.6. The number of unbranched alkanes of at least 4 members (excludes halogenated alkanes) is 1. The van der Waals surface area contributed by atoms with Crippen molar-refractivity contribution in [1.29, 1.82) is 0 Å². The molecule has 11 nitrogen and oxygen atoms in total. The smallest absolute Gasteiger partial charge is 0.410 e. The molecular formula is C27H37N3O8S. The Morgan fingerprint density at radius 3 is 2.67 bits per heavy atom. The first kappa shape index (κ1) is 30.0. The number of carbonyl (C=O) groups excluding carboxylic acids is 3. The van der Waals surface area contributed by atoms with Crippen LogP contribution < -0.4 is 20.1 Å². The van der Waals surface area contributed by atoms with Crippen molar-refractivity contribution >= 4 is 29.4 Å². The molecule has 1 aliphatic rings. The van der Waals surface area contributed by atoms with E-state index in [4.69, 9.17) is 23.7 Å². The molecule has 2 heterocycles. The Hall–Kier alpha value is -3.51. The molecule has 214 valence electrons. The largest absolute Gasteiger partial charge is 0.469 e. The Bertz CT molecular complexity index is 1070. The van der Waals surface area contributed by atoms with Crippen LogP contribution >= 0.6 is 11.3 Å². The summed E-state index contributed by atoms with van der Waals surface area (Å²) in [6.45, 7) is 3.34. The fraction of sp³-hybridized carbons (Fsp3) is 0.519. The molecule has 39 heavy (non-hydrogen) atoms. The second kappa shape index (κ2) is 15.8. The molecule has 0 aliphatic carbocycles. The monoisotopic (exact) mass is 563 g/mol. The minimum absolute atomic E-state index is 0.00582. The van der Waals surface area contributed by atoms with Gasteiger partial charge in [0.15, 0.2) is 11.5 Å². The third kappa shape index (κ3) is 9.63. The molecule has 2 atom stereocenters. The van der Waals surface area contributed by atoms with Crippen molar-refractivity contribution in [2.75, 3.05) is 40.8 Å². The molecule has 0 radical (unpaired) electrons. The van der Waals surface area contributed by atoms with E-state index >= 15 is 0 Å². The van der Waals surface area contributed by atoms with Crippen LogP contribution in [0, 0.1) is 0 Å². The van der Waals surface area contributed by atoms with Crippen molar-refractivity contribution in [3.05, 3.63) is 46.2 Å². The average molecular weight is 564 g/mol. The molecule has 12 heteroatoms. The highest BCUT2D eigenvalue weighted by atomic mass is 32.1. The third-order valence-electron chi connectivity index (χ3n) is 6.10. The van der Waals surface area contributed by atoms with Gasteiger partial charge in [-0.05, 0) is 35.6 Å². The number of fused-ring (bicyclic) bond motifs is 1. The number of nitrogens with one attached hydrogen (secondary N) is 2. The van der Waals surface area contributed by atoms with Gasteiger partial charge in [-0.15, -0.1) is 11.3 Å². The number of hydrogen-bond acceptors (Lipinski definition) is 9. The molecule has 1 aromatic carbocycles. The van der Waals surface area contributed by atoms with Crippen molar-refractivity contribution < 1.29 is 38.1 Å². The van der Waals surface area contributed by atoms with Gasteiger partial charge in [0, 0.05) is 18.5 Å². The molecule has 3 rings (SSSR count). The lowest BCUT2D eigenvalue weighted by Gasteiger charge is -2.25. The minimum Gasteiger partial charge on any atom is -0.469 e. The van der Waals surface area contributed by atoms with Crippen LogP contribution in [0.4, 0.5) is 9.59 Å². The van der Waals surface area contributed by atoms with E-state index < -0.39 is 30.2 Å². The van der Waals surface area contributed by atoms with Gasteiger partial charge in [-0.3, -0.25) is 4.79 Å². The van der Waals surface area contributed by atoms with E-state index in [1.807, 2.05) is 24.4 Å². The first-order chi connectivity index (χ1) is 18.9. The molecule has 0 fully saturated rings. The molecule has 0 saturated carbocycles. The van der Waals surface area contributed by atoms with Crippen LogP contribution in [-0.4, -0.2) is 69.8 Å². The summed E-state index contributed by atoms with van der Waals surface area (Å²) in [6, 6.07) is 7.53. The van der Waals surface area contributed by atoms with E-state index in [0.29, 0.717) is 43.2 Å². The highest BCUT2D eigenvalue weighted by Gasteiger charge is 2.24. The van der Waals surface area contributed by atoms with E-state index in [2.05, 4.69) is 10.6 Å². The van der Waals surface area contributed by atoms with E-state index in [1.165, 1.54) is 7.11 Å². The van der Waals surface area contributed by atoms with Crippen LogP contribution in [0.25, 0.3) is 0 Å². The van der Waals surface area contributed by atoms with Gasteiger partial charge in [-0.25, -0.2) is 9.59 Å². The number of urea groups is 1. The third-order valence-corrected chi connectivity index (χ3v) is 6.96. The Morgan fingerprint density at radius 2 is 1.95 bits per heavy atom. The Labute approximate surface area is 232 Å². The van der Waals surface area contributed by atoms with Crippen molar-refractivity contribution in [2.24, 2.45) is 0 Å². The maximum absolute atomic E-state index is 13.0. The van der Waals surface area contributed by atoms with Gasteiger partial charge in [0.25, 0.3) is 0 Å². The van der Waals surface area contributed by atoms with Crippen molar-refractivity contribution in [3.63, 3.8) is 0 Å². The van der Waals surface area contributed by atoms with Crippen LogP contribution in [0.3, 0.4) is 0 Å².